The molecule has 64 valence electrons. The van der Waals surface area contributed by atoms with Gasteiger partial charge in [-0.3, -0.25) is 4.79 Å². The maximum absolute atomic E-state index is 11.2. The average Bonchev–Trinajstić information content (AvgIpc) is 2.05. The van der Waals surface area contributed by atoms with Gasteiger partial charge in [-0.25, -0.2) is 0 Å². The fourth-order valence-corrected chi connectivity index (χ4v) is 1.36. The van der Waals surface area contributed by atoms with Gasteiger partial charge in [0, 0.05) is 10.0 Å². The molecule has 0 saturated carbocycles. The quantitative estimate of drug-likeness (QED) is 0.732. The van der Waals surface area contributed by atoms with Crippen LogP contribution in [0.15, 0.2) is 22.7 Å². The Morgan fingerprint density at radius 3 is 3.00 bits per heavy atom. The van der Waals surface area contributed by atoms with Crippen molar-refractivity contribution in [1.82, 2.24) is 0 Å². The minimum atomic E-state index is -2.50. The number of ketones is 1. The zero-order valence-electron chi connectivity index (χ0n) is 9.43. The van der Waals surface area contributed by atoms with Gasteiger partial charge in [0.15, 0.2) is 5.78 Å². The van der Waals surface area contributed by atoms with E-state index in [9.17, 15) is 4.79 Å². The van der Waals surface area contributed by atoms with Crippen molar-refractivity contribution >= 4 is 21.7 Å². The summed E-state index contributed by atoms with van der Waals surface area (Å²) < 4.78 is 26.0. The molecule has 0 radical (unpaired) electrons. The van der Waals surface area contributed by atoms with Gasteiger partial charge < -0.3 is 4.74 Å². The molecule has 0 atom stereocenters. The van der Waals surface area contributed by atoms with E-state index in [1.165, 1.54) is 19.1 Å². The first-order chi connectivity index (χ1) is 6.79. The number of benzene rings is 1. The Bertz CT molecular complexity index is 387. The summed E-state index contributed by atoms with van der Waals surface area (Å²) in [6.45, 7) is 1.40. The van der Waals surface area contributed by atoms with Crippen molar-refractivity contribution in [2.24, 2.45) is 0 Å². The maximum atomic E-state index is 11.2. The number of rotatable bonds is 2. The fraction of sp³-hybridized carbons (Fsp3) is 0.222. The summed E-state index contributed by atoms with van der Waals surface area (Å²) in [5.74, 6) is 0.00117. The van der Waals surface area contributed by atoms with E-state index < -0.39 is 7.04 Å². The Morgan fingerprint density at radius 1 is 1.67 bits per heavy atom. The van der Waals surface area contributed by atoms with Crippen LogP contribution in [0.2, 0.25) is 0 Å². The standard InChI is InChI=1S/C9H9BrO2/c1-6(11)8-5-7(12-2)3-4-9(8)10/h3-5H,1-2H3/i2D3. The number of carbonyl (C=O) groups is 1. The summed E-state index contributed by atoms with van der Waals surface area (Å²) in [6.07, 6.45) is 0. The number of ether oxygens (including phenoxy) is 1. The Morgan fingerprint density at radius 2 is 2.42 bits per heavy atom. The highest BCUT2D eigenvalue weighted by Crippen LogP contribution is 2.22. The number of hydrogen-bond acceptors (Lipinski definition) is 2. The first kappa shape index (κ1) is 5.75. The van der Waals surface area contributed by atoms with Crippen LogP contribution in [-0.4, -0.2) is 12.8 Å². The molecule has 0 heterocycles. The lowest BCUT2D eigenvalue weighted by molar-refractivity contribution is 0.101. The lowest BCUT2D eigenvalue weighted by Gasteiger charge is -2.03. The topological polar surface area (TPSA) is 26.3 Å². The number of Topliss-reactive ketones (excluding diaryl/α,β-unsaturated/α-hetero) is 1. The minimum Gasteiger partial charge on any atom is -0.497 e. The molecule has 0 spiro atoms. The predicted octanol–water partition coefficient (Wildman–Crippen LogP) is 2.66. The third-order valence-corrected chi connectivity index (χ3v) is 2.13. The van der Waals surface area contributed by atoms with E-state index in [0.29, 0.717) is 10.0 Å². The second-order valence-corrected chi connectivity index (χ2v) is 3.15. The highest BCUT2D eigenvalue weighted by Gasteiger charge is 2.05. The van der Waals surface area contributed by atoms with E-state index >= 15 is 0 Å². The van der Waals surface area contributed by atoms with Crippen LogP contribution >= 0.6 is 15.9 Å². The third kappa shape index (κ3) is 1.85. The van der Waals surface area contributed by atoms with Gasteiger partial charge in [-0.1, -0.05) is 15.9 Å². The zero-order chi connectivity index (χ0) is 11.6. The van der Waals surface area contributed by atoms with Crippen LogP contribution in [0.25, 0.3) is 0 Å². The molecule has 12 heavy (non-hydrogen) atoms. The van der Waals surface area contributed by atoms with Crippen molar-refractivity contribution in [1.29, 1.82) is 0 Å². The number of halogens is 1. The molecule has 0 aliphatic carbocycles. The smallest absolute Gasteiger partial charge is 0.161 e. The number of hydrogen-bond donors (Lipinski definition) is 0. The van der Waals surface area contributed by atoms with E-state index in [1.54, 1.807) is 6.07 Å². The lowest BCUT2D eigenvalue weighted by Crippen LogP contribution is -1.94. The van der Waals surface area contributed by atoms with E-state index in [4.69, 9.17) is 4.11 Å². The molecule has 0 fully saturated rings. The fourth-order valence-electron chi connectivity index (χ4n) is 0.838. The van der Waals surface area contributed by atoms with Gasteiger partial charge in [-0.05, 0) is 25.1 Å². The van der Waals surface area contributed by atoms with Crippen molar-refractivity contribution in [3.63, 3.8) is 0 Å². The Hall–Kier alpha value is -0.830. The molecule has 0 amide bonds. The molecule has 0 N–H and O–H groups in total. The van der Waals surface area contributed by atoms with Crippen LogP contribution in [0.1, 0.15) is 21.4 Å². The van der Waals surface area contributed by atoms with Crippen molar-refractivity contribution < 1.29 is 13.6 Å². The molecule has 1 rings (SSSR count). The van der Waals surface area contributed by atoms with Crippen molar-refractivity contribution in [3.8, 4) is 5.75 Å². The Labute approximate surface area is 83.9 Å². The van der Waals surface area contributed by atoms with Crippen LogP contribution < -0.4 is 4.74 Å². The molecule has 1 aromatic rings. The lowest BCUT2D eigenvalue weighted by atomic mass is 10.1. The summed E-state index contributed by atoms with van der Waals surface area (Å²) in [5, 5.41) is 0. The van der Waals surface area contributed by atoms with Gasteiger partial charge in [0.2, 0.25) is 0 Å². The molecule has 3 heteroatoms. The maximum Gasteiger partial charge on any atom is 0.161 e. The molecule has 2 nitrogen and oxygen atoms in total. The van der Waals surface area contributed by atoms with Crippen LogP contribution in [0, 0.1) is 0 Å². The third-order valence-electron chi connectivity index (χ3n) is 1.43. The second-order valence-electron chi connectivity index (χ2n) is 2.30. The summed E-state index contributed by atoms with van der Waals surface area (Å²) in [4.78, 5) is 11.2. The Kier molecular flexibility index (Phi) is 1.78. The van der Waals surface area contributed by atoms with Crippen LogP contribution in [0.4, 0.5) is 0 Å². The summed E-state index contributed by atoms with van der Waals surface area (Å²) in [5.41, 5.74) is 0.400. The molecule has 0 saturated heterocycles. The predicted molar refractivity (Wildman–Crippen MR) is 50.7 cm³/mol. The summed E-state index contributed by atoms with van der Waals surface area (Å²) in [7, 11) is -2.50. The van der Waals surface area contributed by atoms with Gasteiger partial charge in [0.05, 0.1) is 11.2 Å². The van der Waals surface area contributed by atoms with E-state index in [1.807, 2.05) is 0 Å². The summed E-state index contributed by atoms with van der Waals surface area (Å²) in [6, 6.07) is 4.47. The molecule has 1 aromatic carbocycles. The SMILES string of the molecule is [2H]C([2H])([2H])Oc1ccc(Br)c(C(C)=O)c1. The zero-order valence-corrected chi connectivity index (χ0v) is 8.01. The second kappa shape index (κ2) is 3.72. The molecular weight excluding hydrogens is 220 g/mol. The molecule has 0 bridgehead atoms. The highest BCUT2D eigenvalue weighted by atomic mass is 79.9. The van der Waals surface area contributed by atoms with Crippen molar-refractivity contribution in [2.75, 3.05) is 7.04 Å². The van der Waals surface area contributed by atoms with Crippen LogP contribution in [-0.2, 0) is 0 Å². The molecule has 0 aliphatic heterocycles. The first-order valence-corrected chi connectivity index (χ1v) is 4.08. The van der Waals surface area contributed by atoms with Crippen molar-refractivity contribution in [2.45, 2.75) is 6.92 Å². The normalized spacial score (nSPS) is 14.3. The Balaban J connectivity index is 3.03. The van der Waals surface area contributed by atoms with Gasteiger partial charge in [-0.2, -0.15) is 0 Å². The van der Waals surface area contributed by atoms with E-state index in [0.717, 1.165) is 0 Å². The van der Waals surface area contributed by atoms with E-state index in [2.05, 4.69) is 20.7 Å². The van der Waals surface area contributed by atoms with Gasteiger partial charge in [-0.15, -0.1) is 0 Å². The monoisotopic (exact) mass is 231 g/mol. The van der Waals surface area contributed by atoms with Crippen LogP contribution in [0.5, 0.6) is 5.75 Å². The van der Waals surface area contributed by atoms with Gasteiger partial charge in [0.25, 0.3) is 0 Å². The van der Waals surface area contributed by atoms with E-state index in [-0.39, 0.29) is 11.5 Å². The molecule has 0 unspecified atom stereocenters. The summed E-state index contributed by atoms with van der Waals surface area (Å²) >= 11 is 3.19. The number of methoxy groups -OCH3 is 1. The van der Waals surface area contributed by atoms with Gasteiger partial charge >= 0.3 is 0 Å². The minimum absolute atomic E-state index is 0.155. The highest BCUT2D eigenvalue weighted by molar-refractivity contribution is 9.10. The number of carbonyl (C=O) groups excluding carboxylic acids is 1. The first-order valence-electron chi connectivity index (χ1n) is 4.79. The van der Waals surface area contributed by atoms with Crippen LogP contribution in [0.3, 0.4) is 0 Å². The van der Waals surface area contributed by atoms with Crippen molar-refractivity contribution in [3.05, 3.63) is 28.2 Å². The largest absolute Gasteiger partial charge is 0.497 e. The molecule has 0 aliphatic rings. The molecular formula is C9H9BrO2. The average molecular weight is 232 g/mol. The van der Waals surface area contributed by atoms with Gasteiger partial charge in [0.1, 0.15) is 5.75 Å². The molecule has 0 aromatic heterocycles.